The standard InChI is InChI=1S/C19H24N2O4S/c1-3-15-26(23,24)20-13-14-21(16(2)22)17-9-11-19(12-10-17)25-18-7-5-4-6-8-18/h4-12,20H,3,13-15H2,1-2H3. The van der Waals surface area contributed by atoms with Gasteiger partial charge < -0.3 is 9.64 Å². The van der Waals surface area contributed by atoms with E-state index in [2.05, 4.69) is 4.72 Å². The predicted octanol–water partition coefficient (Wildman–Crippen LogP) is 3.16. The van der Waals surface area contributed by atoms with E-state index < -0.39 is 10.0 Å². The van der Waals surface area contributed by atoms with Crippen LogP contribution in [0.3, 0.4) is 0 Å². The second-order valence-corrected chi connectivity index (χ2v) is 7.72. The van der Waals surface area contributed by atoms with E-state index in [9.17, 15) is 13.2 Å². The van der Waals surface area contributed by atoms with Crippen molar-refractivity contribution >= 4 is 21.6 Å². The number of sulfonamides is 1. The molecule has 0 aromatic heterocycles. The Hall–Kier alpha value is -2.38. The van der Waals surface area contributed by atoms with E-state index in [1.165, 1.54) is 11.8 Å². The average Bonchev–Trinajstić information content (AvgIpc) is 2.60. The zero-order valence-corrected chi connectivity index (χ0v) is 15.8. The van der Waals surface area contributed by atoms with E-state index in [1.54, 1.807) is 31.2 Å². The van der Waals surface area contributed by atoms with Crippen LogP contribution in [0.5, 0.6) is 11.5 Å². The third kappa shape index (κ3) is 6.16. The molecule has 0 saturated carbocycles. The van der Waals surface area contributed by atoms with Gasteiger partial charge in [-0.2, -0.15) is 0 Å². The molecule has 6 nitrogen and oxygen atoms in total. The molecule has 2 aromatic rings. The number of benzene rings is 2. The molecule has 2 aromatic carbocycles. The highest BCUT2D eigenvalue weighted by atomic mass is 32.2. The van der Waals surface area contributed by atoms with Crippen LogP contribution in [0.25, 0.3) is 0 Å². The van der Waals surface area contributed by atoms with E-state index in [0.717, 1.165) is 5.75 Å². The summed E-state index contributed by atoms with van der Waals surface area (Å²) in [7, 11) is -3.28. The van der Waals surface area contributed by atoms with Gasteiger partial charge in [0.2, 0.25) is 15.9 Å². The molecule has 7 heteroatoms. The fraction of sp³-hybridized carbons (Fsp3) is 0.316. The molecule has 0 radical (unpaired) electrons. The van der Waals surface area contributed by atoms with Gasteiger partial charge in [0.25, 0.3) is 0 Å². The Balaban J connectivity index is 2.00. The van der Waals surface area contributed by atoms with Gasteiger partial charge in [-0.05, 0) is 42.8 Å². The minimum absolute atomic E-state index is 0.0819. The van der Waals surface area contributed by atoms with Crippen molar-refractivity contribution in [3.05, 3.63) is 54.6 Å². The second kappa shape index (κ2) is 9.35. The lowest BCUT2D eigenvalue weighted by molar-refractivity contribution is -0.116. The quantitative estimate of drug-likeness (QED) is 0.729. The highest BCUT2D eigenvalue weighted by Crippen LogP contribution is 2.24. The maximum absolute atomic E-state index is 11.9. The van der Waals surface area contributed by atoms with Gasteiger partial charge in [0, 0.05) is 25.7 Å². The third-order valence-corrected chi connectivity index (χ3v) is 5.23. The van der Waals surface area contributed by atoms with Crippen LogP contribution >= 0.6 is 0 Å². The lowest BCUT2D eigenvalue weighted by atomic mass is 10.2. The molecule has 0 aliphatic rings. The van der Waals surface area contributed by atoms with E-state index in [4.69, 9.17) is 4.74 Å². The molecular weight excluding hydrogens is 352 g/mol. The van der Waals surface area contributed by atoms with Crippen LogP contribution in [-0.4, -0.2) is 33.2 Å². The first-order chi connectivity index (χ1) is 12.4. The van der Waals surface area contributed by atoms with Gasteiger partial charge in [0.05, 0.1) is 5.75 Å². The molecule has 26 heavy (non-hydrogen) atoms. The fourth-order valence-electron chi connectivity index (χ4n) is 2.44. The predicted molar refractivity (Wildman–Crippen MR) is 103 cm³/mol. The van der Waals surface area contributed by atoms with Crippen molar-refractivity contribution in [1.29, 1.82) is 0 Å². The zero-order chi connectivity index (χ0) is 19.0. The fourth-order valence-corrected chi connectivity index (χ4v) is 3.53. The monoisotopic (exact) mass is 376 g/mol. The number of nitrogens with one attached hydrogen (secondary N) is 1. The third-order valence-electron chi connectivity index (χ3n) is 3.64. The minimum atomic E-state index is -3.28. The number of hydrogen-bond donors (Lipinski definition) is 1. The molecule has 1 N–H and O–H groups in total. The number of ether oxygens (including phenoxy) is 1. The summed E-state index contributed by atoms with van der Waals surface area (Å²) in [6, 6.07) is 16.5. The SMILES string of the molecule is CCCS(=O)(=O)NCCN(C(C)=O)c1ccc(Oc2ccccc2)cc1. The number of hydrogen-bond acceptors (Lipinski definition) is 4. The van der Waals surface area contributed by atoms with Gasteiger partial charge in [-0.3, -0.25) is 4.79 Å². The highest BCUT2D eigenvalue weighted by molar-refractivity contribution is 7.89. The van der Waals surface area contributed by atoms with Crippen molar-refractivity contribution in [2.24, 2.45) is 0 Å². The molecule has 0 spiro atoms. The summed E-state index contributed by atoms with van der Waals surface area (Å²) in [6.07, 6.45) is 0.550. The topological polar surface area (TPSA) is 75.7 Å². The van der Waals surface area contributed by atoms with Crippen molar-refractivity contribution < 1.29 is 17.9 Å². The molecule has 0 heterocycles. The van der Waals surface area contributed by atoms with Crippen molar-refractivity contribution in [2.75, 3.05) is 23.7 Å². The number of nitrogens with zero attached hydrogens (tertiary/aromatic N) is 1. The van der Waals surface area contributed by atoms with E-state index in [0.29, 0.717) is 17.9 Å². The summed E-state index contributed by atoms with van der Waals surface area (Å²) in [5.74, 6) is 1.32. The van der Waals surface area contributed by atoms with Gasteiger partial charge in [-0.1, -0.05) is 25.1 Å². The largest absolute Gasteiger partial charge is 0.457 e. The molecule has 2 rings (SSSR count). The number of anilines is 1. The molecule has 0 fully saturated rings. The van der Waals surface area contributed by atoms with Crippen LogP contribution in [0.15, 0.2) is 54.6 Å². The molecule has 0 atom stereocenters. The minimum Gasteiger partial charge on any atom is -0.457 e. The van der Waals surface area contributed by atoms with Crippen LogP contribution in [0, 0.1) is 0 Å². The van der Waals surface area contributed by atoms with Gasteiger partial charge in [-0.25, -0.2) is 13.1 Å². The molecule has 140 valence electrons. The van der Waals surface area contributed by atoms with Gasteiger partial charge >= 0.3 is 0 Å². The normalized spacial score (nSPS) is 11.2. The van der Waals surface area contributed by atoms with Crippen LogP contribution < -0.4 is 14.4 Å². The van der Waals surface area contributed by atoms with Crippen LogP contribution in [0.4, 0.5) is 5.69 Å². The summed E-state index contributed by atoms with van der Waals surface area (Å²) >= 11 is 0. The van der Waals surface area contributed by atoms with E-state index in [-0.39, 0.29) is 24.7 Å². The first-order valence-electron chi connectivity index (χ1n) is 8.49. The molecule has 0 saturated heterocycles. The summed E-state index contributed by atoms with van der Waals surface area (Å²) < 4.78 is 31.7. The molecular formula is C19H24N2O4S. The Morgan fingerprint density at radius 3 is 2.23 bits per heavy atom. The van der Waals surface area contributed by atoms with Crippen molar-refractivity contribution in [3.8, 4) is 11.5 Å². The highest BCUT2D eigenvalue weighted by Gasteiger charge is 2.14. The Kier molecular flexibility index (Phi) is 7.17. The number of para-hydroxylation sites is 1. The number of amides is 1. The first kappa shape index (κ1) is 19.9. The number of carbonyl (C=O) groups excluding carboxylic acids is 1. The average molecular weight is 376 g/mol. The Morgan fingerprint density at radius 1 is 1.04 bits per heavy atom. The molecule has 1 amide bonds. The molecule has 0 bridgehead atoms. The van der Waals surface area contributed by atoms with Crippen LogP contribution in [-0.2, 0) is 14.8 Å². The summed E-state index contributed by atoms with van der Waals surface area (Å²) in [4.78, 5) is 13.4. The van der Waals surface area contributed by atoms with Gasteiger partial charge in [0.1, 0.15) is 11.5 Å². The van der Waals surface area contributed by atoms with Gasteiger partial charge in [0.15, 0.2) is 0 Å². The van der Waals surface area contributed by atoms with Crippen LogP contribution in [0.1, 0.15) is 20.3 Å². The number of carbonyl (C=O) groups is 1. The second-order valence-electron chi connectivity index (χ2n) is 5.79. The molecule has 0 unspecified atom stereocenters. The Morgan fingerprint density at radius 2 is 1.65 bits per heavy atom. The Bertz CT molecular complexity index is 805. The van der Waals surface area contributed by atoms with Crippen LogP contribution in [0.2, 0.25) is 0 Å². The van der Waals surface area contributed by atoms with E-state index >= 15 is 0 Å². The van der Waals surface area contributed by atoms with Crippen molar-refractivity contribution in [3.63, 3.8) is 0 Å². The maximum Gasteiger partial charge on any atom is 0.223 e. The van der Waals surface area contributed by atoms with Crippen molar-refractivity contribution in [1.82, 2.24) is 4.72 Å². The summed E-state index contributed by atoms with van der Waals surface area (Å²) in [6.45, 7) is 3.69. The summed E-state index contributed by atoms with van der Waals surface area (Å²) in [5, 5.41) is 0. The molecule has 0 aliphatic heterocycles. The lowest BCUT2D eigenvalue weighted by Crippen LogP contribution is -2.38. The maximum atomic E-state index is 11.9. The van der Waals surface area contributed by atoms with Gasteiger partial charge in [-0.15, -0.1) is 0 Å². The first-order valence-corrected chi connectivity index (χ1v) is 10.1. The smallest absolute Gasteiger partial charge is 0.223 e. The van der Waals surface area contributed by atoms with Crippen molar-refractivity contribution in [2.45, 2.75) is 20.3 Å². The zero-order valence-electron chi connectivity index (χ0n) is 15.0. The lowest BCUT2D eigenvalue weighted by Gasteiger charge is -2.21. The van der Waals surface area contributed by atoms with E-state index in [1.807, 2.05) is 30.3 Å². The summed E-state index contributed by atoms with van der Waals surface area (Å²) in [5.41, 5.74) is 0.688. The molecule has 0 aliphatic carbocycles. The number of rotatable bonds is 9. The Labute approximate surface area is 154 Å².